The number of halogens is 1. The van der Waals surface area contributed by atoms with E-state index in [1.807, 2.05) is 31.0 Å². The van der Waals surface area contributed by atoms with Gasteiger partial charge in [-0.3, -0.25) is 9.69 Å². The van der Waals surface area contributed by atoms with E-state index in [2.05, 4.69) is 44.8 Å². The highest BCUT2D eigenvalue weighted by Crippen LogP contribution is 2.14. The van der Waals surface area contributed by atoms with Gasteiger partial charge in [0, 0.05) is 37.2 Å². The average Bonchev–Trinajstić information content (AvgIpc) is 2.55. The van der Waals surface area contributed by atoms with Crippen LogP contribution in [0.4, 0.5) is 0 Å². The van der Waals surface area contributed by atoms with Gasteiger partial charge in [-0.15, -0.1) is 0 Å². The summed E-state index contributed by atoms with van der Waals surface area (Å²) in [6.45, 7) is 9.72. The first-order chi connectivity index (χ1) is 10.5. The fraction of sp³-hybridized carbons (Fsp3) is 0.588. The first-order valence-corrected chi connectivity index (χ1v) is 8.76. The highest BCUT2D eigenvalue weighted by atomic mass is 79.9. The maximum absolute atomic E-state index is 12.6. The van der Waals surface area contributed by atoms with Crippen molar-refractivity contribution >= 4 is 21.8 Å². The second-order valence-electron chi connectivity index (χ2n) is 5.98. The van der Waals surface area contributed by atoms with Crippen molar-refractivity contribution in [2.45, 2.75) is 26.4 Å². The number of carbonyl (C=O) groups excluding carboxylic acids is 1. The van der Waals surface area contributed by atoms with Crippen LogP contribution in [-0.4, -0.2) is 66.4 Å². The van der Waals surface area contributed by atoms with Crippen LogP contribution in [0.3, 0.4) is 0 Å². The van der Waals surface area contributed by atoms with Crippen LogP contribution in [0.25, 0.3) is 0 Å². The predicted octanol–water partition coefficient (Wildman–Crippen LogP) is 2.43. The molecule has 1 saturated heterocycles. The molecule has 0 saturated carbocycles. The van der Waals surface area contributed by atoms with E-state index in [4.69, 9.17) is 0 Å². The van der Waals surface area contributed by atoms with Crippen LogP contribution >= 0.6 is 15.9 Å². The number of hydrogen-bond donors (Lipinski definition) is 0. The summed E-state index contributed by atoms with van der Waals surface area (Å²) in [5, 5.41) is 0. The van der Waals surface area contributed by atoms with Gasteiger partial charge in [0.2, 0.25) is 5.91 Å². The molecular formula is C17H26BrN3O. The number of nitrogens with zero attached hydrogens (tertiary/aromatic N) is 3. The van der Waals surface area contributed by atoms with Gasteiger partial charge in [-0.25, -0.2) is 0 Å². The molecule has 2 rings (SSSR count). The molecule has 4 nitrogen and oxygen atoms in total. The van der Waals surface area contributed by atoms with E-state index in [1.165, 1.54) is 5.56 Å². The number of carbonyl (C=O) groups is 1. The standard InChI is InChI=1S/C17H26BrN3O/c1-4-20-9-11-21(12-10-20)17(22)14(2)19(3)13-15-5-7-16(18)8-6-15/h5-8,14H,4,9-13H2,1-3H3. The maximum atomic E-state index is 12.6. The lowest BCUT2D eigenvalue weighted by Crippen LogP contribution is -2.53. The fourth-order valence-electron chi connectivity index (χ4n) is 2.75. The van der Waals surface area contributed by atoms with Crippen molar-refractivity contribution < 1.29 is 4.79 Å². The number of benzene rings is 1. The minimum Gasteiger partial charge on any atom is -0.339 e. The normalized spacial score (nSPS) is 17.8. The summed E-state index contributed by atoms with van der Waals surface area (Å²) >= 11 is 3.45. The Morgan fingerprint density at radius 1 is 1.23 bits per heavy atom. The smallest absolute Gasteiger partial charge is 0.239 e. The van der Waals surface area contributed by atoms with Gasteiger partial charge in [-0.1, -0.05) is 35.0 Å². The van der Waals surface area contributed by atoms with Gasteiger partial charge in [-0.2, -0.15) is 0 Å². The molecule has 1 aliphatic rings. The van der Waals surface area contributed by atoms with Crippen molar-refractivity contribution in [2.75, 3.05) is 39.8 Å². The molecule has 0 radical (unpaired) electrons. The average molecular weight is 368 g/mol. The molecule has 1 fully saturated rings. The zero-order valence-corrected chi connectivity index (χ0v) is 15.3. The van der Waals surface area contributed by atoms with E-state index in [-0.39, 0.29) is 11.9 Å². The number of piperazine rings is 1. The monoisotopic (exact) mass is 367 g/mol. The molecule has 22 heavy (non-hydrogen) atoms. The number of hydrogen-bond acceptors (Lipinski definition) is 3. The Bertz CT molecular complexity index is 483. The Labute approximate surface area is 142 Å². The first kappa shape index (κ1) is 17.4. The van der Waals surface area contributed by atoms with Gasteiger partial charge >= 0.3 is 0 Å². The van der Waals surface area contributed by atoms with E-state index >= 15 is 0 Å². The quantitative estimate of drug-likeness (QED) is 0.799. The third-order valence-corrected chi connectivity index (χ3v) is 5.02. The highest BCUT2D eigenvalue weighted by molar-refractivity contribution is 9.10. The summed E-state index contributed by atoms with van der Waals surface area (Å²) in [7, 11) is 2.02. The van der Waals surface area contributed by atoms with Crippen molar-refractivity contribution in [1.29, 1.82) is 0 Å². The Hall–Kier alpha value is -0.910. The zero-order chi connectivity index (χ0) is 16.1. The van der Waals surface area contributed by atoms with E-state index < -0.39 is 0 Å². The van der Waals surface area contributed by atoms with E-state index in [1.54, 1.807) is 0 Å². The highest BCUT2D eigenvalue weighted by Gasteiger charge is 2.26. The van der Waals surface area contributed by atoms with Crippen LogP contribution in [0.15, 0.2) is 28.7 Å². The SMILES string of the molecule is CCN1CCN(C(=O)C(C)N(C)Cc2ccc(Br)cc2)CC1. The van der Waals surface area contributed by atoms with Gasteiger partial charge in [0.1, 0.15) is 0 Å². The van der Waals surface area contributed by atoms with Crippen molar-refractivity contribution in [2.24, 2.45) is 0 Å². The van der Waals surface area contributed by atoms with Crippen LogP contribution in [-0.2, 0) is 11.3 Å². The molecule has 122 valence electrons. The fourth-order valence-corrected chi connectivity index (χ4v) is 3.02. The first-order valence-electron chi connectivity index (χ1n) is 7.97. The summed E-state index contributed by atoms with van der Waals surface area (Å²) in [6.07, 6.45) is 0. The predicted molar refractivity (Wildman–Crippen MR) is 93.8 cm³/mol. The van der Waals surface area contributed by atoms with Crippen LogP contribution in [0, 0.1) is 0 Å². The summed E-state index contributed by atoms with van der Waals surface area (Å²) in [6, 6.07) is 8.19. The van der Waals surface area contributed by atoms with Crippen LogP contribution in [0.1, 0.15) is 19.4 Å². The minimum absolute atomic E-state index is 0.0863. The van der Waals surface area contributed by atoms with Crippen LogP contribution in [0.2, 0.25) is 0 Å². The van der Waals surface area contributed by atoms with Gasteiger partial charge < -0.3 is 9.80 Å². The molecule has 1 aromatic rings. The van der Waals surface area contributed by atoms with Crippen molar-refractivity contribution in [3.63, 3.8) is 0 Å². The Kier molecular flexibility index (Phi) is 6.41. The van der Waals surface area contributed by atoms with Crippen LogP contribution < -0.4 is 0 Å². The molecule has 1 aliphatic heterocycles. The summed E-state index contributed by atoms with van der Waals surface area (Å²) < 4.78 is 1.08. The lowest BCUT2D eigenvalue weighted by atomic mass is 10.1. The van der Waals surface area contributed by atoms with Gasteiger partial charge in [-0.05, 0) is 38.2 Å². The third-order valence-electron chi connectivity index (χ3n) is 4.49. The van der Waals surface area contributed by atoms with Gasteiger partial charge in [0.15, 0.2) is 0 Å². The number of likely N-dealkylation sites (N-methyl/N-ethyl adjacent to an activating group) is 2. The summed E-state index contributed by atoms with van der Waals surface area (Å²) in [5.41, 5.74) is 1.22. The van der Waals surface area contributed by atoms with Crippen molar-refractivity contribution in [3.8, 4) is 0 Å². The number of rotatable bonds is 5. The molecule has 0 N–H and O–H groups in total. The maximum Gasteiger partial charge on any atom is 0.239 e. The Balaban J connectivity index is 1.88. The Morgan fingerprint density at radius 3 is 2.36 bits per heavy atom. The molecule has 0 aromatic heterocycles. The van der Waals surface area contributed by atoms with Crippen molar-refractivity contribution in [1.82, 2.24) is 14.7 Å². The molecule has 0 bridgehead atoms. The largest absolute Gasteiger partial charge is 0.339 e. The molecule has 0 aliphatic carbocycles. The number of amides is 1. The molecule has 1 heterocycles. The van der Waals surface area contributed by atoms with Crippen LogP contribution in [0.5, 0.6) is 0 Å². The second kappa shape index (κ2) is 8.09. The minimum atomic E-state index is -0.0863. The topological polar surface area (TPSA) is 26.8 Å². The van der Waals surface area contributed by atoms with Gasteiger partial charge in [0.05, 0.1) is 6.04 Å². The molecule has 1 amide bonds. The molecule has 5 heteroatoms. The van der Waals surface area contributed by atoms with Gasteiger partial charge in [0.25, 0.3) is 0 Å². The Morgan fingerprint density at radius 2 is 1.82 bits per heavy atom. The third kappa shape index (κ3) is 4.54. The van der Waals surface area contributed by atoms with Crippen molar-refractivity contribution in [3.05, 3.63) is 34.3 Å². The second-order valence-corrected chi connectivity index (χ2v) is 6.89. The summed E-state index contributed by atoms with van der Waals surface area (Å²) in [4.78, 5) is 19.2. The molecular weight excluding hydrogens is 342 g/mol. The van der Waals surface area contributed by atoms with E-state index in [9.17, 15) is 4.79 Å². The zero-order valence-electron chi connectivity index (χ0n) is 13.8. The van der Waals surface area contributed by atoms with E-state index in [0.29, 0.717) is 0 Å². The molecule has 1 unspecified atom stereocenters. The summed E-state index contributed by atoms with van der Waals surface area (Å²) in [5.74, 6) is 0.246. The molecule has 1 atom stereocenters. The lowest BCUT2D eigenvalue weighted by Gasteiger charge is -2.37. The molecule has 1 aromatic carbocycles. The molecule has 0 spiro atoms. The lowest BCUT2D eigenvalue weighted by molar-refractivity contribution is -0.137. The van der Waals surface area contributed by atoms with E-state index in [0.717, 1.165) is 43.7 Å².